The van der Waals surface area contributed by atoms with Gasteiger partial charge in [-0.1, -0.05) is 6.07 Å². The van der Waals surface area contributed by atoms with Crippen LogP contribution in [0.3, 0.4) is 0 Å². The summed E-state index contributed by atoms with van der Waals surface area (Å²) in [5.74, 6) is -0.191. The van der Waals surface area contributed by atoms with Crippen molar-refractivity contribution in [2.24, 2.45) is 0 Å². The van der Waals surface area contributed by atoms with Crippen molar-refractivity contribution in [1.29, 1.82) is 0 Å². The number of carbonyl (C=O) groups excluding carboxylic acids is 1. The lowest BCUT2D eigenvalue weighted by atomic mass is 9.98. The Morgan fingerprint density at radius 1 is 1.17 bits per heavy atom. The molecule has 1 unspecified atom stereocenters. The first-order chi connectivity index (χ1) is 10.8. The Hall–Kier alpha value is -2.28. The van der Waals surface area contributed by atoms with E-state index in [0.717, 1.165) is 5.56 Å². The molecule has 0 aliphatic rings. The van der Waals surface area contributed by atoms with E-state index in [1.165, 1.54) is 21.3 Å². The van der Waals surface area contributed by atoms with Gasteiger partial charge >= 0.3 is 5.97 Å². The fourth-order valence-electron chi connectivity index (χ4n) is 2.34. The molecular weight excluding hydrogens is 302 g/mol. The van der Waals surface area contributed by atoms with Crippen molar-refractivity contribution in [3.05, 3.63) is 23.8 Å². The molecule has 0 heterocycles. The molecule has 1 aromatic rings. The Kier molecular flexibility index (Phi) is 6.84. The summed E-state index contributed by atoms with van der Waals surface area (Å²) in [4.78, 5) is 23.2. The average molecular weight is 325 g/mol. The van der Waals surface area contributed by atoms with Gasteiger partial charge in [0.1, 0.15) is 0 Å². The van der Waals surface area contributed by atoms with Crippen molar-refractivity contribution >= 4 is 11.9 Å². The molecule has 0 saturated carbocycles. The van der Waals surface area contributed by atoms with Crippen LogP contribution in [0.2, 0.25) is 0 Å². The van der Waals surface area contributed by atoms with Gasteiger partial charge in [-0.2, -0.15) is 0 Å². The van der Waals surface area contributed by atoms with Crippen LogP contribution in [-0.4, -0.2) is 50.5 Å². The van der Waals surface area contributed by atoms with Gasteiger partial charge in [0, 0.05) is 7.11 Å². The van der Waals surface area contributed by atoms with Gasteiger partial charge in [-0.15, -0.1) is 0 Å². The molecule has 0 aliphatic carbocycles. The fraction of sp³-hybridized carbons (Fsp3) is 0.500. The monoisotopic (exact) mass is 325 g/mol. The summed E-state index contributed by atoms with van der Waals surface area (Å²) < 4.78 is 15.4. The molecule has 0 radical (unpaired) electrons. The topological polar surface area (TPSA) is 94.1 Å². The van der Waals surface area contributed by atoms with E-state index in [1.807, 2.05) is 0 Å². The zero-order chi connectivity index (χ0) is 17.5. The largest absolute Gasteiger partial charge is 0.493 e. The van der Waals surface area contributed by atoms with Crippen LogP contribution < -0.4 is 14.8 Å². The van der Waals surface area contributed by atoms with E-state index < -0.39 is 11.5 Å². The first kappa shape index (κ1) is 18.8. The first-order valence-electron chi connectivity index (χ1n) is 7.06. The van der Waals surface area contributed by atoms with Crippen LogP contribution in [0.5, 0.6) is 11.5 Å². The highest BCUT2D eigenvalue weighted by Crippen LogP contribution is 2.27. The molecule has 1 aromatic carbocycles. The summed E-state index contributed by atoms with van der Waals surface area (Å²) in [5, 5.41) is 11.7. The van der Waals surface area contributed by atoms with Gasteiger partial charge in [0.15, 0.2) is 11.5 Å². The zero-order valence-corrected chi connectivity index (χ0v) is 13.8. The molecule has 1 rings (SSSR count). The van der Waals surface area contributed by atoms with Crippen LogP contribution >= 0.6 is 0 Å². The number of methoxy groups -OCH3 is 3. The normalized spacial score (nSPS) is 13.0. The number of hydrogen-bond acceptors (Lipinski definition) is 5. The van der Waals surface area contributed by atoms with Gasteiger partial charge < -0.3 is 24.6 Å². The highest BCUT2D eigenvalue weighted by molar-refractivity contribution is 5.80. The number of rotatable bonds is 9. The quantitative estimate of drug-likeness (QED) is 0.709. The standard InChI is InChI=1S/C16H23NO6/c1-16(10-21-2,9-15(19)20)17-14(18)8-11-5-6-12(22-3)13(7-11)23-4/h5-7H,8-10H2,1-4H3,(H,17,18)(H,19,20). The lowest BCUT2D eigenvalue weighted by Crippen LogP contribution is -2.51. The van der Waals surface area contributed by atoms with Gasteiger partial charge in [-0.05, 0) is 24.6 Å². The van der Waals surface area contributed by atoms with Gasteiger partial charge in [0.2, 0.25) is 5.91 Å². The molecule has 0 fully saturated rings. The second-order valence-electron chi connectivity index (χ2n) is 5.48. The summed E-state index contributed by atoms with van der Waals surface area (Å²) in [5.41, 5.74) is -0.232. The van der Waals surface area contributed by atoms with E-state index in [2.05, 4.69) is 5.32 Å². The summed E-state index contributed by atoms with van der Waals surface area (Å²) in [6.45, 7) is 1.74. The summed E-state index contributed by atoms with van der Waals surface area (Å²) >= 11 is 0. The SMILES string of the molecule is COCC(C)(CC(=O)O)NC(=O)Cc1ccc(OC)c(OC)c1. The Morgan fingerprint density at radius 2 is 1.83 bits per heavy atom. The third-order valence-corrected chi connectivity index (χ3v) is 3.26. The van der Waals surface area contributed by atoms with Crippen molar-refractivity contribution in [3.8, 4) is 11.5 Å². The van der Waals surface area contributed by atoms with Crippen molar-refractivity contribution in [2.45, 2.75) is 25.3 Å². The number of ether oxygens (including phenoxy) is 3. The third kappa shape index (κ3) is 5.78. The Bertz CT molecular complexity index is 560. The van der Waals surface area contributed by atoms with Crippen molar-refractivity contribution < 1.29 is 28.9 Å². The number of nitrogens with one attached hydrogen (secondary N) is 1. The van der Waals surface area contributed by atoms with Crippen LogP contribution in [0.15, 0.2) is 18.2 Å². The fourth-order valence-corrected chi connectivity index (χ4v) is 2.34. The van der Waals surface area contributed by atoms with Crippen LogP contribution in [0.25, 0.3) is 0 Å². The molecule has 128 valence electrons. The summed E-state index contributed by atoms with van der Waals surface area (Å²) in [6.07, 6.45) is -0.127. The summed E-state index contributed by atoms with van der Waals surface area (Å²) in [7, 11) is 4.51. The second-order valence-corrected chi connectivity index (χ2v) is 5.48. The number of carboxylic acids is 1. The van der Waals surface area contributed by atoms with Crippen molar-refractivity contribution in [3.63, 3.8) is 0 Å². The van der Waals surface area contributed by atoms with E-state index in [4.69, 9.17) is 19.3 Å². The van der Waals surface area contributed by atoms with Crippen LogP contribution in [-0.2, 0) is 20.7 Å². The minimum atomic E-state index is -1.00. The Balaban J connectivity index is 2.80. The van der Waals surface area contributed by atoms with Crippen LogP contribution in [0, 0.1) is 0 Å². The minimum absolute atomic E-state index is 0.0965. The molecular formula is C16H23NO6. The molecule has 23 heavy (non-hydrogen) atoms. The molecule has 7 heteroatoms. The molecule has 0 aliphatic heterocycles. The van der Waals surface area contributed by atoms with Gasteiger partial charge in [-0.3, -0.25) is 9.59 Å². The molecule has 0 saturated heterocycles. The number of aliphatic carboxylic acids is 1. The van der Waals surface area contributed by atoms with Gasteiger partial charge in [-0.25, -0.2) is 0 Å². The van der Waals surface area contributed by atoms with Crippen LogP contribution in [0.1, 0.15) is 18.9 Å². The van der Waals surface area contributed by atoms with E-state index >= 15 is 0 Å². The molecule has 1 atom stereocenters. The molecule has 0 bridgehead atoms. The molecule has 0 spiro atoms. The molecule has 2 N–H and O–H groups in total. The highest BCUT2D eigenvalue weighted by Gasteiger charge is 2.29. The lowest BCUT2D eigenvalue weighted by molar-refractivity contribution is -0.139. The van der Waals surface area contributed by atoms with Gasteiger partial charge in [0.25, 0.3) is 0 Å². The number of benzene rings is 1. The van der Waals surface area contributed by atoms with E-state index in [9.17, 15) is 9.59 Å². The zero-order valence-electron chi connectivity index (χ0n) is 13.8. The maximum Gasteiger partial charge on any atom is 0.305 e. The predicted octanol–water partition coefficient (Wildman–Crippen LogP) is 1.24. The maximum absolute atomic E-state index is 12.2. The minimum Gasteiger partial charge on any atom is -0.493 e. The molecule has 7 nitrogen and oxygen atoms in total. The lowest BCUT2D eigenvalue weighted by Gasteiger charge is -2.28. The third-order valence-electron chi connectivity index (χ3n) is 3.26. The molecule has 0 aromatic heterocycles. The Labute approximate surface area is 135 Å². The number of hydrogen-bond donors (Lipinski definition) is 2. The van der Waals surface area contributed by atoms with E-state index in [-0.39, 0.29) is 25.4 Å². The second kappa shape index (κ2) is 8.38. The smallest absolute Gasteiger partial charge is 0.305 e. The number of amides is 1. The maximum atomic E-state index is 12.2. The highest BCUT2D eigenvalue weighted by atomic mass is 16.5. The van der Waals surface area contributed by atoms with Crippen molar-refractivity contribution in [1.82, 2.24) is 5.32 Å². The Morgan fingerprint density at radius 3 is 2.35 bits per heavy atom. The molecule has 1 amide bonds. The van der Waals surface area contributed by atoms with Crippen molar-refractivity contribution in [2.75, 3.05) is 27.9 Å². The van der Waals surface area contributed by atoms with Crippen LogP contribution in [0.4, 0.5) is 0 Å². The number of carboxylic acid groups (broad SMARTS) is 1. The van der Waals surface area contributed by atoms with E-state index in [1.54, 1.807) is 25.1 Å². The van der Waals surface area contributed by atoms with Gasteiger partial charge in [0.05, 0.1) is 39.2 Å². The summed E-state index contributed by atoms with van der Waals surface area (Å²) in [6, 6.07) is 5.18. The first-order valence-corrected chi connectivity index (χ1v) is 7.06. The predicted molar refractivity (Wildman–Crippen MR) is 83.9 cm³/mol. The number of carbonyl (C=O) groups is 2. The average Bonchev–Trinajstić information content (AvgIpc) is 2.45. The van der Waals surface area contributed by atoms with E-state index in [0.29, 0.717) is 11.5 Å².